The molecule has 4 heteroatoms. The van der Waals surface area contributed by atoms with Crippen molar-refractivity contribution in [2.75, 3.05) is 5.73 Å². The Kier molecular flexibility index (Phi) is 3.25. The fraction of sp³-hybridized carbons (Fsp3) is 0.300. The minimum Gasteiger partial charge on any atom is -0.398 e. The van der Waals surface area contributed by atoms with Gasteiger partial charge in [0.05, 0.1) is 22.5 Å². The minimum atomic E-state index is 0.208. The Bertz CT molecular complexity index is 390. The summed E-state index contributed by atoms with van der Waals surface area (Å²) in [5.41, 5.74) is 8.64. The summed E-state index contributed by atoms with van der Waals surface area (Å²) < 4.78 is 0. The third kappa shape index (κ3) is 1.66. The van der Waals surface area contributed by atoms with Crippen molar-refractivity contribution in [1.29, 1.82) is 5.26 Å². The highest BCUT2D eigenvalue weighted by Crippen LogP contribution is 2.36. The van der Waals surface area contributed by atoms with Crippen molar-refractivity contribution >= 4 is 28.9 Å². The maximum absolute atomic E-state index is 8.62. The molecule has 14 heavy (non-hydrogen) atoms. The van der Waals surface area contributed by atoms with E-state index in [1.165, 1.54) is 0 Å². The zero-order valence-corrected chi connectivity index (χ0v) is 9.50. The Labute approximate surface area is 93.2 Å². The largest absolute Gasteiger partial charge is 0.398 e. The van der Waals surface area contributed by atoms with Crippen LogP contribution in [0.1, 0.15) is 16.7 Å². The second-order valence-corrected chi connectivity index (χ2v) is 3.86. The number of nitrogens with zero attached hydrogens (tertiary/aromatic N) is 1. The third-order valence-electron chi connectivity index (χ3n) is 2.25. The van der Waals surface area contributed by atoms with E-state index in [4.69, 9.17) is 34.2 Å². The maximum Gasteiger partial charge on any atom is 0.0670 e. The van der Waals surface area contributed by atoms with Crippen molar-refractivity contribution in [3.63, 3.8) is 0 Å². The number of nitrogen functional groups attached to an aromatic ring is 1. The molecule has 0 aliphatic heterocycles. The van der Waals surface area contributed by atoms with Gasteiger partial charge in [0.1, 0.15) is 0 Å². The molecule has 0 saturated carbocycles. The summed E-state index contributed by atoms with van der Waals surface area (Å²) >= 11 is 12.1. The van der Waals surface area contributed by atoms with E-state index in [1.807, 2.05) is 19.9 Å². The van der Waals surface area contributed by atoms with E-state index in [2.05, 4.69) is 0 Å². The number of nitriles is 1. The summed E-state index contributed by atoms with van der Waals surface area (Å²) in [5.74, 6) is 0. The maximum atomic E-state index is 8.62. The highest BCUT2D eigenvalue weighted by Gasteiger charge is 2.14. The van der Waals surface area contributed by atoms with Gasteiger partial charge >= 0.3 is 0 Å². The molecule has 0 aromatic heterocycles. The zero-order chi connectivity index (χ0) is 10.9. The fourth-order valence-corrected chi connectivity index (χ4v) is 1.88. The molecular formula is C10H10Cl2N2. The molecule has 0 fully saturated rings. The average Bonchev–Trinajstić information content (AvgIpc) is 2.19. The molecule has 2 nitrogen and oxygen atoms in total. The molecule has 0 radical (unpaired) electrons. The molecule has 0 amide bonds. The monoisotopic (exact) mass is 228 g/mol. The highest BCUT2D eigenvalue weighted by molar-refractivity contribution is 6.37. The van der Waals surface area contributed by atoms with Crippen LogP contribution in [0.5, 0.6) is 0 Å². The summed E-state index contributed by atoms with van der Waals surface area (Å²) in [6, 6.07) is 2.03. The van der Waals surface area contributed by atoms with Crippen LogP contribution < -0.4 is 5.73 Å². The predicted octanol–water partition coefficient (Wildman–Crippen LogP) is 3.26. The van der Waals surface area contributed by atoms with Crippen LogP contribution >= 0.6 is 23.2 Å². The van der Waals surface area contributed by atoms with E-state index < -0.39 is 0 Å². The molecule has 0 heterocycles. The second kappa shape index (κ2) is 4.08. The summed E-state index contributed by atoms with van der Waals surface area (Å²) in [5, 5.41) is 9.62. The topological polar surface area (TPSA) is 49.8 Å². The van der Waals surface area contributed by atoms with Crippen molar-refractivity contribution in [1.82, 2.24) is 0 Å². The van der Waals surface area contributed by atoms with Gasteiger partial charge in [-0.05, 0) is 25.0 Å². The van der Waals surface area contributed by atoms with Gasteiger partial charge in [-0.25, -0.2) is 0 Å². The Balaban J connectivity index is 3.53. The average molecular weight is 229 g/mol. The van der Waals surface area contributed by atoms with Crippen molar-refractivity contribution in [3.05, 3.63) is 26.7 Å². The number of hydrogen-bond donors (Lipinski definition) is 1. The van der Waals surface area contributed by atoms with Crippen molar-refractivity contribution < 1.29 is 0 Å². The lowest BCUT2D eigenvalue weighted by Gasteiger charge is -2.13. The van der Waals surface area contributed by atoms with Crippen LogP contribution in [0, 0.1) is 25.2 Å². The Morgan fingerprint density at radius 3 is 2.00 bits per heavy atom. The van der Waals surface area contributed by atoms with Gasteiger partial charge in [-0.1, -0.05) is 23.2 Å². The molecular weight excluding hydrogens is 219 g/mol. The molecule has 2 N–H and O–H groups in total. The molecule has 0 aliphatic rings. The van der Waals surface area contributed by atoms with Gasteiger partial charge in [0.25, 0.3) is 0 Å². The normalized spacial score (nSPS) is 9.93. The summed E-state index contributed by atoms with van der Waals surface area (Å²) in [6.45, 7) is 3.64. The van der Waals surface area contributed by atoms with Gasteiger partial charge < -0.3 is 5.73 Å². The van der Waals surface area contributed by atoms with E-state index in [1.54, 1.807) is 0 Å². The van der Waals surface area contributed by atoms with E-state index in [0.717, 1.165) is 11.1 Å². The molecule has 1 aromatic rings. The minimum absolute atomic E-state index is 0.208. The first-order chi connectivity index (χ1) is 6.50. The fourth-order valence-electron chi connectivity index (χ4n) is 1.30. The number of nitrogens with two attached hydrogens (primary N) is 1. The quantitative estimate of drug-likeness (QED) is 0.751. The van der Waals surface area contributed by atoms with Crippen LogP contribution in [0.25, 0.3) is 0 Å². The smallest absolute Gasteiger partial charge is 0.0670 e. The number of hydrogen-bond acceptors (Lipinski definition) is 2. The Morgan fingerprint density at radius 2 is 1.64 bits per heavy atom. The van der Waals surface area contributed by atoms with Gasteiger partial charge in [0.2, 0.25) is 0 Å². The lowest BCUT2D eigenvalue weighted by molar-refractivity contribution is 1.23. The lowest BCUT2D eigenvalue weighted by atomic mass is 10.0. The molecule has 0 aliphatic carbocycles. The highest BCUT2D eigenvalue weighted by atomic mass is 35.5. The van der Waals surface area contributed by atoms with Gasteiger partial charge in [-0.2, -0.15) is 5.26 Å². The number of benzene rings is 1. The summed E-state index contributed by atoms with van der Waals surface area (Å²) in [4.78, 5) is 0. The van der Waals surface area contributed by atoms with Gasteiger partial charge in [-0.3, -0.25) is 0 Å². The van der Waals surface area contributed by atoms with E-state index in [-0.39, 0.29) is 6.42 Å². The lowest BCUT2D eigenvalue weighted by Crippen LogP contribution is -2.00. The van der Waals surface area contributed by atoms with E-state index >= 15 is 0 Å². The molecule has 0 saturated heterocycles. The predicted molar refractivity (Wildman–Crippen MR) is 59.7 cm³/mol. The third-order valence-corrected chi connectivity index (χ3v) is 3.28. The summed E-state index contributed by atoms with van der Waals surface area (Å²) in [7, 11) is 0. The molecule has 74 valence electrons. The van der Waals surface area contributed by atoms with E-state index in [9.17, 15) is 0 Å². The molecule has 0 atom stereocenters. The first-order valence-corrected chi connectivity index (χ1v) is 4.85. The molecule has 0 spiro atoms. The number of halogens is 2. The number of rotatable bonds is 1. The van der Waals surface area contributed by atoms with Crippen LogP contribution in [-0.2, 0) is 6.42 Å². The first kappa shape index (κ1) is 11.2. The molecule has 1 rings (SSSR count). The van der Waals surface area contributed by atoms with Crippen LogP contribution in [-0.4, -0.2) is 0 Å². The zero-order valence-electron chi connectivity index (χ0n) is 7.99. The van der Waals surface area contributed by atoms with E-state index in [0.29, 0.717) is 21.3 Å². The van der Waals surface area contributed by atoms with Crippen LogP contribution in [0.15, 0.2) is 0 Å². The Hall–Kier alpha value is -0.910. The van der Waals surface area contributed by atoms with Crippen molar-refractivity contribution in [2.45, 2.75) is 20.3 Å². The van der Waals surface area contributed by atoms with Crippen LogP contribution in [0.3, 0.4) is 0 Å². The standard InChI is InChI=1S/C10H10Cl2N2/c1-5-8(11)7(3-4-13)9(12)6(2)10(5)14/h3,14H2,1-2H3. The molecule has 1 aromatic carbocycles. The van der Waals surface area contributed by atoms with Gasteiger partial charge in [-0.15, -0.1) is 0 Å². The van der Waals surface area contributed by atoms with Gasteiger partial charge in [0, 0.05) is 11.3 Å². The second-order valence-electron chi connectivity index (χ2n) is 3.11. The SMILES string of the molecule is Cc1c(N)c(C)c(Cl)c(CC#N)c1Cl. The van der Waals surface area contributed by atoms with Crippen LogP contribution in [0.2, 0.25) is 10.0 Å². The molecule has 0 unspecified atom stereocenters. The Morgan fingerprint density at radius 1 is 1.21 bits per heavy atom. The van der Waals surface area contributed by atoms with Crippen molar-refractivity contribution in [2.24, 2.45) is 0 Å². The summed E-state index contributed by atoms with van der Waals surface area (Å²) in [6.07, 6.45) is 0.208. The van der Waals surface area contributed by atoms with Crippen molar-refractivity contribution in [3.8, 4) is 6.07 Å². The van der Waals surface area contributed by atoms with Crippen LogP contribution in [0.4, 0.5) is 5.69 Å². The molecule has 0 bridgehead atoms. The first-order valence-electron chi connectivity index (χ1n) is 4.10. The number of anilines is 1. The van der Waals surface area contributed by atoms with Gasteiger partial charge in [0.15, 0.2) is 0 Å².